The van der Waals surface area contributed by atoms with Gasteiger partial charge >= 0.3 is 0 Å². The summed E-state index contributed by atoms with van der Waals surface area (Å²) in [5.41, 5.74) is 9.04. The molecule has 1 aromatic heterocycles. The van der Waals surface area contributed by atoms with E-state index in [1.165, 1.54) is 5.70 Å². The molecule has 2 heterocycles. The molecule has 1 aliphatic carbocycles. The van der Waals surface area contributed by atoms with Crippen molar-refractivity contribution in [1.29, 1.82) is 0 Å². The van der Waals surface area contributed by atoms with Crippen LogP contribution in [0.15, 0.2) is 30.5 Å². The Morgan fingerprint density at radius 1 is 1.30 bits per heavy atom. The molecule has 2 N–H and O–H groups in total. The van der Waals surface area contributed by atoms with Gasteiger partial charge in [0.05, 0.1) is 6.17 Å². The van der Waals surface area contributed by atoms with E-state index in [0.29, 0.717) is 12.0 Å². The fraction of sp³-hybridized carbons (Fsp3) is 0.409. The van der Waals surface area contributed by atoms with Gasteiger partial charge in [0.25, 0.3) is 0 Å². The Kier molecular flexibility index (Phi) is 4.64. The van der Waals surface area contributed by atoms with Gasteiger partial charge in [0, 0.05) is 29.6 Å². The van der Waals surface area contributed by atoms with Crippen molar-refractivity contribution in [1.82, 2.24) is 14.8 Å². The van der Waals surface area contributed by atoms with Gasteiger partial charge in [-0.15, -0.1) is 0 Å². The van der Waals surface area contributed by atoms with Crippen molar-refractivity contribution in [2.45, 2.75) is 38.3 Å². The minimum absolute atomic E-state index is 0.00235. The number of aryl methyl sites for hydroxylation is 1. The standard InChI is InChI=1S/C22H27FN4/c1-14-6-4-7-18(23)22(14)15-10-16-13-25-20(24)12-17(16)19(11-15)27-9-5-8-21(27)26(2)3/h4,6-7,10,12-13,15,21H,5,8-9,11,24H2,1-3H3. The smallest absolute Gasteiger partial charge is 0.127 e. The third kappa shape index (κ3) is 3.21. The van der Waals surface area contributed by atoms with Gasteiger partial charge in [0.1, 0.15) is 11.6 Å². The summed E-state index contributed by atoms with van der Waals surface area (Å²) in [7, 11) is 4.25. The van der Waals surface area contributed by atoms with Gasteiger partial charge in [0.2, 0.25) is 0 Å². The van der Waals surface area contributed by atoms with Crippen LogP contribution >= 0.6 is 0 Å². The molecular weight excluding hydrogens is 339 g/mol. The van der Waals surface area contributed by atoms with Gasteiger partial charge in [-0.1, -0.05) is 18.2 Å². The predicted octanol–water partition coefficient (Wildman–Crippen LogP) is 2.17. The summed E-state index contributed by atoms with van der Waals surface area (Å²) in [6.45, 7) is 3.00. The quantitative estimate of drug-likeness (QED) is 0.904. The van der Waals surface area contributed by atoms with E-state index in [9.17, 15) is 4.39 Å². The van der Waals surface area contributed by atoms with Crippen LogP contribution in [-0.2, 0) is 0 Å². The Labute approximate surface area is 159 Å². The van der Waals surface area contributed by atoms with Crippen molar-refractivity contribution in [2.75, 3.05) is 26.4 Å². The van der Waals surface area contributed by atoms with Crippen molar-refractivity contribution in [3.63, 3.8) is 0 Å². The fourth-order valence-electron chi connectivity index (χ4n) is 4.63. The maximum atomic E-state index is 14.7. The molecule has 4 nitrogen and oxygen atoms in total. The number of nitrogens with zero attached hydrogens (tertiary/aromatic N) is 3. The molecular formula is C22H27FN4. The number of hydrogen-bond acceptors (Lipinski definition) is 4. The molecule has 0 saturated carbocycles. The van der Waals surface area contributed by atoms with Crippen LogP contribution in [0.1, 0.15) is 36.3 Å². The van der Waals surface area contributed by atoms with Gasteiger partial charge in [-0.2, -0.15) is 0 Å². The summed E-state index contributed by atoms with van der Waals surface area (Å²) in [4.78, 5) is 9.04. The molecule has 142 valence electrons. The second-order valence-corrected chi connectivity index (χ2v) is 7.87. The van der Waals surface area contributed by atoms with Gasteiger partial charge < -0.3 is 10.6 Å². The minimum atomic E-state index is -0.131. The molecule has 2 aliphatic rings. The number of rotatable bonds is 3. The number of benzene rings is 1. The first-order valence-electron chi connectivity index (χ1n) is 9.60. The Morgan fingerprint density at radius 3 is 2.85 bits per heavy atom. The topological polar surface area (TPSA) is 45.4 Å². The second kappa shape index (κ2) is 6.97. The highest BCUT2D eigenvalue weighted by atomic mass is 19.1. The fourth-order valence-corrected chi connectivity index (χ4v) is 4.63. The number of aromatic nitrogens is 1. The summed E-state index contributed by atoms with van der Waals surface area (Å²) in [5.74, 6) is 0.399. The van der Waals surface area contributed by atoms with Crippen LogP contribution in [0.2, 0.25) is 0 Å². The van der Waals surface area contributed by atoms with E-state index in [2.05, 4.69) is 35.0 Å². The lowest BCUT2D eigenvalue weighted by molar-refractivity contribution is 0.171. The summed E-state index contributed by atoms with van der Waals surface area (Å²) in [5, 5.41) is 2.18. The summed E-state index contributed by atoms with van der Waals surface area (Å²) >= 11 is 0. The van der Waals surface area contributed by atoms with Crippen molar-refractivity contribution >= 4 is 17.6 Å². The van der Waals surface area contributed by atoms with E-state index in [1.54, 1.807) is 12.1 Å². The molecule has 2 atom stereocenters. The average Bonchev–Trinajstić information content (AvgIpc) is 3.11. The van der Waals surface area contributed by atoms with Crippen LogP contribution in [0.4, 0.5) is 10.2 Å². The minimum Gasteiger partial charge on any atom is -0.384 e. The lowest BCUT2D eigenvalue weighted by atomic mass is 9.86. The van der Waals surface area contributed by atoms with E-state index >= 15 is 0 Å². The molecule has 0 radical (unpaired) electrons. The van der Waals surface area contributed by atoms with E-state index < -0.39 is 0 Å². The monoisotopic (exact) mass is 366 g/mol. The van der Waals surface area contributed by atoms with Gasteiger partial charge in [-0.05, 0) is 68.8 Å². The molecule has 1 aromatic carbocycles. The van der Waals surface area contributed by atoms with E-state index in [0.717, 1.165) is 47.4 Å². The maximum Gasteiger partial charge on any atom is 0.127 e. The normalized spacial score (nSPS) is 22.1. The van der Waals surface area contributed by atoms with Crippen molar-refractivity contribution in [3.05, 3.63) is 57.8 Å². The summed E-state index contributed by atoms with van der Waals surface area (Å²) in [6, 6.07) is 7.29. The van der Waals surface area contributed by atoms with Crippen LogP contribution in [0, 0.1) is 12.7 Å². The lowest BCUT2D eigenvalue weighted by Crippen LogP contribution is -2.45. The zero-order valence-corrected chi connectivity index (χ0v) is 16.2. The van der Waals surface area contributed by atoms with Gasteiger partial charge in [0.15, 0.2) is 0 Å². The van der Waals surface area contributed by atoms with Crippen LogP contribution in [0.5, 0.6) is 0 Å². The largest absolute Gasteiger partial charge is 0.384 e. The zero-order valence-electron chi connectivity index (χ0n) is 16.2. The predicted molar refractivity (Wildman–Crippen MR) is 108 cm³/mol. The Bertz CT molecular complexity index is 962. The molecule has 0 spiro atoms. The highest BCUT2D eigenvalue weighted by molar-refractivity contribution is 5.58. The molecule has 1 aliphatic heterocycles. The molecule has 0 bridgehead atoms. The first-order chi connectivity index (χ1) is 13.0. The number of nitrogen functional groups attached to an aromatic ring is 1. The molecule has 4 rings (SSSR count). The second-order valence-electron chi connectivity index (χ2n) is 7.87. The first-order valence-corrected chi connectivity index (χ1v) is 9.60. The van der Waals surface area contributed by atoms with Crippen LogP contribution in [-0.4, -0.2) is 41.6 Å². The highest BCUT2D eigenvalue weighted by Crippen LogP contribution is 2.35. The molecule has 5 heteroatoms. The van der Waals surface area contributed by atoms with Gasteiger partial charge in [-0.25, -0.2) is 9.37 Å². The molecule has 2 aromatic rings. The van der Waals surface area contributed by atoms with Crippen LogP contribution in [0.25, 0.3) is 11.8 Å². The molecule has 1 saturated heterocycles. The lowest BCUT2D eigenvalue weighted by Gasteiger charge is -2.36. The van der Waals surface area contributed by atoms with Crippen molar-refractivity contribution in [3.8, 4) is 0 Å². The maximum absolute atomic E-state index is 14.7. The number of nitrogens with two attached hydrogens (primary N) is 1. The van der Waals surface area contributed by atoms with E-state index in [1.807, 2.05) is 25.3 Å². The van der Waals surface area contributed by atoms with E-state index in [-0.39, 0.29) is 11.7 Å². The van der Waals surface area contributed by atoms with Crippen molar-refractivity contribution < 1.29 is 4.39 Å². The Hall–Kier alpha value is -2.40. The summed E-state index contributed by atoms with van der Waals surface area (Å²) in [6.07, 6.45) is 7.42. The first kappa shape index (κ1) is 18.0. The average molecular weight is 366 g/mol. The third-order valence-corrected chi connectivity index (χ3v) is 5.87. The van der Waals surface area contributed by atoms with E-state index in [4.69, 9.17) is 5.73 Å². The number of anilines is 1. The highest BCUT2D eigenvalue weighted by Gasteiger charge is 2.31. The van der Waals surface area contributed by atoms with Crippen molar-refractivity contribution in [2.24, 2.45) is 0 Å². The van der Waals surface area contributed by atoms with Crippen LogP contribution in [0.3, 0.4) is 0 Å². The number of pyridine rings is 1. The van der Waals surface area contributed by atoms with Gasteiger partial charge in [-0.3, -0.25) is 4.90 Å². The number of likely N-dealkylation sites (tertiary alicyclic amines) is 1. The molecule has 1 fully saturated rings. The molecule has 2 unspecified atom stereocenters. The molecule has 0 amide bonds. The Balaban J connectivity index is 1.89. The summed E-state index contributed by atoms with van der Waals surface area (Å²) < 4.78 is 14.7. The van der Waals surface area contributed by atoms with Crippen LogP contribution < -0.4 is 16.2 Å². The Morgan fingerprint density at radius 2 is 2.11 bits per heavy atom. The number of fused-ring (bicyclic) bond motifs is 1. The number of hydrogen-bond donors (Lipinski definition) is 1. The number of halogens is 1. The third-order valence-electron chi connectivity index (χ3n) is 5.87. The zero-order chi connectivity index (χ0) is 19.1. The molecule has 27 heavy (non-hydrogen) atoms. The SMILES string of the molecule is Cc1cccc(F)c1C1C=c2cnc(N)cc2=C(N2CCCC2N(C)C)C1.